The molecule has 0 N–H and O–H groups in total. The average molecular weight is 537 g/mol. The van der Waals surface area contributed by atoms with Gasteiger partial charge in [-0.3, -0.25) is 4.79 Å². The number of unbranched alkanes of at least 4 members (excludes halogenated alkanes) is 3. The van der Waals surface area contributed by atoms with Crippen LogP contribution in [0.1, 0.15) is 96.8 Å². The minimum Gasteiger partial charge on any atom is -0.488 e. The molecule has 0 aromatic heterocycles. The molecular weight excluding hydrogens is 492 g/mol. The maximum atomic E-state index is 12.9. The van der Waals surface area contributed by atoms with Crippen LogP contribution in [-0.2, 0) is 36.7 Å². The topological polar surface area (TPSA) is 71.1 Å². The van der Waals surface area contributed by atoms with Crippen molar-refractivity contribution in [2.75, 3.05) is 13.7 Å². The lowest BCUT2D eigenvalue weighted by Crippen LogP contribution is -2.50. The molecule has 212 valence electrons. The lowest BCUT2D eigenvalue weighted by molar-refractivity contribution is -0.150. The number of hydrogen-bond acceptors (Lipinski definition) is 6. The summed E-state index contributed by atoms with van der Waals surface area (Å²) < 4.78 is 24.4. The standard InChI is InChI=1S/C33H44O6/c1-8-10-11-15-18-31(3,4)25-19-26(38-23-24-16-13-12-14-17-24)30-27(20-25)39-32(5,6)28(22-34)33(30,36-7)21-29(35)37-9-2/h12-14,16-17,19-20H,8-11,15,18,21,23H2,1-7H3. The van der Waals surface area contributed by atoms with E-state index in [1.807, 2.05) is 42.5 Å². The molecule has 0 bridgehead atoms. The summed E-state index contributed by atoms with van der Waals surface area (Å²) in [4.78, 5) is 25.4. The number of hydrogen-bond donors (Lipinski definition) is 0. The smallest absolute Gasteiger partial charge is 0.309 e. The van der Waals surface area contributed by atoms with Gasteiger partial charge in [0.1, 0.15) is 35.2 Å². The van der Waals surface area contributed by atoms with Gasteiger partial charge in [-0.2, -0.15) is 0 Å². The van der Waals surface area contributed by atoms with Crippen molar-refractivity contribution in [2.24, 2.45) is 0 Å². The summed E-state index contributed by atoms with van der Waals surface area (Å²) in [6.45, 7) is 12.5. The Hall–Kier alpha value is -3.08. The van der Waals surface area contributed by atoms with Gasteiger partial charge in [0.2, 0.25) is 0 Å². The first-order chi connectivity index (χ1) is 18.5. The number of rotatable bonds is 13. The largest absolute Gasteiger partial charge is 0.488 e. The molecule has 1 heterocycles. The van der Waals surface area contributed by atoms with Gasteiger partial charge in [0.25, 0.3) is 0 Å². The Morgan fingerprint density at radius 3 is 2.38 bits per heavy atom. The van der Waals surface area contributed by atoms with E-state index in [9.17, 15) is 9.59 Å². The Morgan fingerprint density at radius 2 is 1.77 bits per heavy atom. The minimum atomic E-state index is -1.46. The fourth-order valence-electron chi connectivity index (χ4n) is 5.46. The number of benzene rings is 2. The molecule has 0 aliphatic carbocycles. The molecule has 0 saturated heterocycles. The summed E-state index contributed by atoms with van der Waals surface area (Å²) in [5.74, 6) is 2.63. The Kier molecular flexibility index (Phi) is 10.0. The van der Waals surface area contributed by atoms with E-state index in [1.54, 1.807) is 20.8 Å². The van der Waals surface area contributed by atoms with Gasteiger partial charge in [-0.15, -0.1) is 0 Å². The van der Waals surface area contributed by atoms with Gasteiger partial charge in [0.05, 0.1) is 24.2 Å². The zero-order valence-corrected chi connectivity index (χ0v) is 24.6. The van der Waals surface area contributed by atoms with Crippen LogP contribution in [0.4, 0.5) is 0 Å². The molecule has 1 unspecified atom stereocenters. The Morgan fingerprint density at radius 1 is 1.05 bits per heavy atom. The van der Waals surface area contributed by atoms with Crippen molar-refractivity contribution in [3.05, 3.63) is 64.7 Å². The van der Waals surface area contributed by atoms with E-state index in [4.69, 9.17) is 18.9 Å². The van der Waals surface area contributed by atoms with Crippen molar-refractivity contribution >= 4 is 11.9 Å². The molecule has 1 atom stereocenters. The molecule has 39 heavy (non-hydrogen) atoms. The lowest BCUT2D eigenvalue weighted by atomic mass is 9.72. The highest BCUT2D eigenvalue weighted by Crippen LogP contribution is 2.55. The van der Waals surface area contributed by atoms with E-state index in [2.05, 4.69) is 26.7 Å². The predicted molar refractivity (Wildman–Crippen MR) is 153 cm³/mol. The Balaban J connectivity index is 2.22. The van der Waals surface area contributed by atoms with Gasteiger partial charge >= 0.3 is 5.97 Å². The SMILES string of the molecule is CCCCCCC(C)(C)c1cc(OCc2ccccc2)c2c(c1)OC(C)(C)C(=C=O)C2(CC(=O)OCC)OC. The van der Waals surface area contributed by atoms with Crippen LogP contribution in [0.2, 0.25) is 0 Å². The Labute approximate surface area is 233 Å². The number of methoxy groups -OCH3 is 1. The highest BCUT2D eigenvalue weighted by atomic mass is 16.5. The second-order valence-corrected chi connectivity index (χ2v) is 11.4. The third-order valence-corrected chi connectivity index (χ3v) is 7.66. The van der Waals surface area contributed by atoms with Crippen LogP contribution in [0.3, 0.4) is 0 Å². The summed E-state index contributed by atoms with van der Waals surface area (Å²) in [5, 5.41) is 0. The van der Waals surface area contributed by atoms with Crippen molar-refractivity contribution < 1.29 is 28.5 Å². The molecule has 1 aliphatic heterocycles. The molecule has 0 amide bonds. The van der Waals surface area contributed by atoms with Crippen molar-refractivity contribution in [3.63, 3.8) is 0 Å². The van der Waals surface area contributed by atoms with Crippen LogP contribution in [0, 0.1) is 0 Å². The first-order valence-electron chi connectivity index (χ1n) is 14.1. The highest BCUT2D eigenvalue weighted by Gasteiger charge is 2.55. The van der Waals surface area contributed by atoms with E-state index in [0.29, 0.717) is 23.7 Å². The summed E-state index contributed by atoms with van der Waals surface area (Å²) in [7, 11) is 1.49. The highest BCUT2D eigenvalue weighted by molar-refractivity contribution is 5.77. The van der Waals surface area contributed by atoms with Crippen molar-refractivity contribution in [3.8, 4) is 11.5 Å². The first kappa shape index (κ1) is 30.5. The predicted octanol–water partition coefficient (Wildman–Crippen LogP) is 7.24. The van der Waals surface area contributed by atoms with Crippen molar-refractivity contribution in [1.29, 1.82) is 0 Å². The molecule has 0 saturated carbocycles. The van der Waals surface area contributed by atoms with E-state index in [1.165, 1.54) is 26.4 Å². The van der Waals surface area contributed by atoms with Crippen molar-refractivity contribution in [2.45, 2.75) is 103 Å². The van der Waals surface area contributed by atoms with Crippen LogP contribution < -0.4 is 9.47 Å². The summed E-state index contributed by atoms with van der Waals surface area (Å²) in [6, 6.07) is 13.9. The third kappa shape index (κ3) is 6.74. The second-order valence-electron chi connectivity index (χ2n) is 11.4. The molecule has 6 heteroatoms. The zero-order chi connectivity index (χ0) is 28.7. The van der Waals surface area contributed by atoms with Gasteiger partial charge in [-0.1, -0.05) is 76.8 Å². The van der Waals surface area contributed by atoms with Crippen LogP contribution in [0.15, 0.2) is 48.0 Å². The number of fused-ring (bicyclic) bond motifs is 1. The number of esters is 1. The summed E-state index contributed by atoms with van der Waals surface area (Å²) in [5.41, 5.74) is 0.0760. The molecule has 6 nitrogen and oxygen atoms in total. The van der Waals surface area contributed by atoms with Crippen LogP contribution in [0.5, 0.6) is 11.5 Å². The van der Waals surface area contributed by atoms with Gasteiger partial charge in [0, 0.05) is 7.11 Å². The zero-order valence-electron chi connectivity index (χ0n) is 24.6. The van der Waals surface area contributed by atoms with Crippen LogP contribution >= 0.6 is 0 Å². The van der Waals surface area contributed by atoms with E-state index in [-0.39, 0.29) is 24.0 Å². The number of carbonyl (C=O) groups excluding carboxylic acids is 2. The lowest BCUT2D eigenvalue weighted by Gasteiger charge is -2.46. The second kappa shape index (κ2) is 12.8. The fraction of sp³-hybridized carbons (Fsp3) is 0.545. The summed E-state index contributed by atoms with van der Waals surface area (Å²) in [6.07, 6.45) is 5.51. The molecule has 3 rings (SSSR count). The van der Waals surface area contributed by atoms with E-state index >= 15 is 0 Å². The molecule has 0 fully saturated rings. The average Bonchev–Trinajstić information content (AvgIpc) is 2.89. The van der Waals surface area contributed by atoms with Gasteiger partial charge in [-0.25, -0.2) is 4.79 Å². The van der Waals surface area contributed by atoms with E-state index < -0.39 is 17.2 Å². The Bertz CT molecular complexity index is 1180. The molecule has 0 spiro atoms. The minimum absolute atomic E-state index is 0.154. The van der Waals surface area contributed by atoms with E-state index in [0.717, 1.165) is 24.0 Å². The molecule has 0 radical (unpaired) electrons. The van der Waals surface area contributed by atoms with Crippen LogP contribution in [0.25, 0.3) is 0 Å². The molecule has 1 aliphatic rings. The van der Waals surface area contributed by atoms with Gasteiger partial charge in [-0.05, 0) is 55.9 Å². The normalized spacial score (nSPS) is 18.1. The molecule has 2 aromatic carbocycles. The van der Waals surface area contributed by atoms with Crippen LogP contribution in [-0.4, -0.2) is 31.2 Å². The quantitative estimate of drug-likeness (QED) is 0.153. The molecular formula is C33H44O6. The first-order valence-corrected chi connectivity index (χ1v) is 14.1. The van der Waals surface area contributed by atoms with Crippen molar-refractivity contribution in [1.82, 2.24) is 0 Å². The number of ether oxygens (including phenoxy) is 4. The summed E-state index contributed by atoms with van der Waals surface area (Å²) >= 11 is 0. The maximum absolute atomic E-state index is 12.9. The molecule has 2 aromatic rings. The fourth-order valence-corrected chi connectivity index (χ4v) is 5.46. The van der Waals surface area contributed by atoms with Gasteiger partial charge < -0.3 is 18.9 Å². The number of carbonyl (C=O) groups is 1. The van der Waals surface area contributed by atoms with Gasteiger partial charge in [0.15, 0.2) is 0 Å². The maximum Gasteiger partial charge on any atom is 0.309 e. The third-order valence-electron chi connectivity index (χ3n) is 7.66. The monoisotopic (exact) mass is 536 g/mol.